The lowest BCUT2D eigenvalue weighted by Gasteiger charge is -2.12. The summed E-state index contributed by atoms with van der Waals surface area (Å²) in [6.07, 6.45) is 1.72. The lowest BCUT2D eigenvalue weighted by molar-refractivity contribution is 0.372. The highest BCUT2D eigenvalue weighted by atomic mass is 16.5. The smallest absolute Gasteiger partial charge is 0.223 e. The summed E-state index contributed by atoms with van der Waals surface area (Å²) in [4.78, 5) is 4.27. The molecule has 0 aliphatic heterocycles. The van der Waals surface area contributed by atoms with Gasteiger partial charge in [-0.15, -0.1) is 0 Å². The summed E-state index contributed by atoms with van der Waals surface area (Å²) in [7, 11) is 3.53. The first kappa shape index (κ1) is 13.4. The van der Waals surface area contributed by atoms with Crippen LogP contribution in [0, 0.1) is 6.92 Å². The summed E-state index contributed by atoms with van der Waals surface area (Å²) in [6, 6.07) is 9.70. The third kappa shape index (κ3) is 3.23. The Morgan fingerprint density at radius 3 is 2.79 bits per heavy atom. The quantitative estimate of drug-likeness (QED) is 0.895. The first-order valence-corrected chi connectivity index (χ1v) is 6.15. The molecule has 100 valence electrons. The molecule has 4 nitrogen and oxygen atoms in total. The fourth-order valence-electron chi connectivity index (χ4n) is 1.80. The number of rotatable bonds is 5. The van der Waals surface area contributed by atoms with E-state index in [1.807, 2.05) is 44.3 Å². The van der Waals surface area contributed by atoms with Crippen LogP contribution in [0.3, 0.4) is 0 Å². The Kier molecular flexibility index (Phi) is 4.36. The van der Waals surface area contributed by atoms with Crippen molar-refractivity contribution in [2.75, 3.05) is 14.2 Å². The molecule has 2 aromatic rings. The summed E-state index contributed by atoms with van der Waals surface area (Å²) >= 11 is 0. The number of hydrogen-bond donors (Lipinski definition) is 1. The number of hydrogen-bond acceptors (Lipinski definition) is 4. The highest BCUT2D eigenvalue weighted by Crippen LogP contribution is 2.32. The molecule has 1 aromatic heterocycles. The molecule has 0 aliphatic carbocycles. The standard InChI is InChI=1S/C15H18N2O2/c1-11-6-7-13(14(9-11)18-3)19-15-12(10-16-2)5-4-8-17-15/h4-9,16H,10H2,1-3H3. The van der Waals surface area contributed by atoms with E-state index >= 15 is 0 Å². The molecule has 0 amide bonds. The maximum Gasteiger partial charge on any atom is 0.223 e. The molecule has 1 N–H and O–H groups in total. The van der Waals surface area contributed by atoms with Crippen LogP contribution in [-0.2, 0) is 6.54 Å². The Balaban J connectivity index is 2.30. The zero-order chi connectivity index (χ0) is 13.7. The van der Waals surface area contributed by atoms with Crippen LogP contribution in [-0.4, -0.2) is 19.1 Å². The van der Waals surface area contributed by atoms with Gasteiger partial charge in [-0.1, -0.05) is 12.1 Å². The number of aryl methyl sites for hydroxylation is 1. The lowest BCUT2D eigenvalue weighted by atomic mass is 10.2. The predicted molar refractivity (Wildman–Crippen MR) is 74.8 cm³/mol. The number of pyridine rings is 1. The maximum atomic E-state index is 5.86. The van der Waals surface area contributed by atoms with Gasteiger partial charge >= 0.3 is 0 Å². The van der Waals surface area contributed by atoms with Crippen molar-refractivity contribution in [3.05, 3.63) is 47.7 Å². The summed E-state index contributed by atoms with van der Waals surface area (Å²) in [5.41, 5.74) is 2.13. The highest BCUT2D eigenvalue weighted by molar-refractivity contribution is 5.45. The molecule has 0 atom stereocenters. The van der Waals surface area contributed by atoms with E-state index in [0.717, 1.165) is 11.1 Å². The highest BCUT2D eigenvalue weighted by Gasteiger charge is 2.09. The third-order valence-electron chi connectivity index (χ3n) is 2.74. The van der Waals surface area contributed by atoms with Crippen molar-refractivity contribution in [2.45, 2.75) is 13.5 Å². The van der Waals surface area contributed by atoms with Gasteiger partial charge in [-0.25, -0.2) is 4.98 Å². The number of benzene rings is 1. The number of aromatic nitrogens is 1. The van der Waals surface area contributed by atoms with Gasteiger partial charge < -0.3 is 14.8 Å². The average Bonchev–Trinajstić information content (AvgIpc) is 2.43. The van der Waals surface area contributed by atoms with Crippen LogP contribution in [0.5, 0.6) is 17.4 Å². The number of nitrogens with zero attached hydrogens (tertiary/aromatic N) is 1. The van der Waals surface area contributed by atoms with Crippen molar-refractivity contribution in [1.82, 2.24) is 10.3 Å². The second kappa shape index (κ2) is 6.20. The molecule has 0 aliphatic rings. The Labute approximate surface area is 113 Å². The van der Waals surface area contributed by atoms with Crippen molar-refractivity contribution >= 4 is 0 Å². The molecule has 0 saturated carbocycles. The van der Waals surface area contributed by atoms with Gasteiger partial charge in [-0.2, -0.15) is 0 Å². The van der Waals surface area contributed by atoms with Gasteiger partial charge in [0.1, 0.15) is 0 Å². The van der Waals surface area contributed by atoms with Crippen molar-refractivity contribution in [1.29, 1.82) is 0 Å². The number of nitrogens with one attached hydrogen (secondary N) is 1. The molecule has 1 aromatic carbocycles. The molecule has 0 unspecified atom stereocenters. The largest absolute Gasteiger partial charge is 0.493 e. The van der Waals surface area contributed by atoms with E-state index in [4.69, 9.17) is 9.47 Å². The van der Waals surface area contributed by atoms with Crippen LogP contribution >= 0.6 is 0 Å². The van der Waals surface area contributed by atoms with Crippen LogP contribution in [0.1, 0.15) is 11.1 Å². The summed E-state index contributed by atoms with van der Waals surface area (Å²) < 4.78 is 11.2. The van der Waals surface area contributed by atoms with Gasteiger partial charge in [0.05, 0.1) is 7.11 Å². The van der Waals surface area contributed by atoms with Gasteiger partial charge in [0, 0.05) is 18.3 Å². The van der Waals surface area contributed by atoms with E-state index in [0.29, 0.717) is 23.9 Å². The zero-order valence-electron chi connectivity index (χ0n) is 11.4. The Morgan fingerprint density at radius 2 is 2.05 bits per heavy atom. The number of methoxy groups -OCH3 is 1. The zero-order valence-corrected chi connectivity index (χ0v) is 11.4. The molecular weight excluding hydrogens is 240 g/mol. The SMILES string of the molecule is CNCc1cccnc1Oc1ccc(C)cc1OC. The normalized spacial score (nSPS) is 10.3. The second-order valence-corrected chi connectivity index (χ2v) is 4.25. The molecule has 0 fully saturated rings. The van der Waals surface area contributed by atoms with E-state index in [-0.39, 0.29) is 0 Å². The minimum atomic E-state index is 0.596. The van der Waals surface area contributed by atoms with Crippen molar-refractivity contribution in [3.8, 4) is 17.4 Å². The van der Waals surface area contributed by atoms with Crippen LogP contribution in [0.15, 0.2) is 36.5 Å². The monoisotopic (exact) mass is 258 g/mol. The molecule has 0 bridgehead atoms. The number of ether oxygens (including phenoxy) is 2. The predicted octanol–water partition coefficient (Wildman–Crippen LogP) is 2.91. The van der Waals surface area contributed by atoms with E-state index in [1.54, 1.807) is 13.3 Å². The molecule has 0 saturated heterocycles. The van der Waals surface area contributed by atoms with Gasteiger partial charge in [0.2, 0.25) is 5.88 Å². The third-order valence-corrected chi connectivity index (χ3v) is 2.74. The second-order valence-electron chi connectivity index (χ2n) is 4.25. The summed E-state index contributed by atoms with van der Waals surface area (Å²) in [5.74, 6) is 1.98. The maximum absolute atomic E-state index is 5.86. The van der Waals surface area contributed by atoms with Gasteiger partial charge in [-0.3, -0.25) is 0 Å². The fraction of sp³-hybridized carbons (Fsp3) is 0.267. The lowest BCUT2D eigenvalue weighted by Crippen LogP contribution is -2.07. The van der Waals surface area contributed by atoms with Crippen LogP contribution < -0.4 is 14.8 Å². The molecule has 2 rings (SSSR count). The van der Waals surface area contributed by atoms with Crippen LogP contribution in [0.25, 0.3) is 0 Å². The van der Waals surface area contributed by atoms with Gasteiger partial charge in [0.15, 0.2) is 11.5 Å². The summed E-state index contributed by atoms with van der Waals surface area (Å²) in [5, 5.41) is 3.10. The van der Waals surface area contributed by atoms with E-state index in [2.05, 4.69) is 10.3 Å². The van der Waals surface area contributed by atoms with Crippen molar-refractivity contribution in [3.63, 3.8) is 0 Å². The van der Waals surface area contributed by atoms with Crippen molar-refractivity contribution in [2.24, 2.45) is 0 Å². The van der Waals surface area contributed by atoms with Crippen molar-refractivity contribution < 1.29 is 9.47 Å². The van der Waals surface area contributed by atoms with Crippen LogP contribution in [0.4, 0.5) is 0 Å². The van der Waals surface area contributed by atoms with E-state index in [1.165, 1.54) is 0 Å². The van der Waals surface area contributed by atoms with Crippen LogP contribution in [0.2, 0.25) is 0 Å². The molecule has 19 heavy (non-hydrogen) atoms. The minimum absolute atomic E-state index is 0.596. The minimum Gasteiger partial charge on any atom is -0.493 e. The molecular formula is C15H18N2O2. The van der Waals surface area contributed by atoms with Gasteiger partial charge in [-0.05, 0) is 37.7 Å². The summed E-state index contributed by atoms with van der Waals surface area (Å²) in [6.45, 7) is 2.72. The first-order chi connectivity index (χ1) is 9.24. The molecule has 0 spiro atoms. The van der Waals surface area contributed by atoms with E-state index < -0.39 is 0 Å². The Hall–Kier alpha value is -2.07. The Morgan fingerprint density at radius 1 is 1.21 bits per heavy atom. The topological polar surface area (TPSA) is 43.4 Å². The molecule has 1 heterocycles. The first-order valence-electron chi connectivity index (χ1n) is 6.15. The Bertz CT molecular complexity index is 556. The molecule has 0 radical (unpaired) electrons. The van der Waals surface area contributed by atoms with Gasteiger partial charge in [0.25, 0.3) is 0 Å². The molecule has 4 heteroatoms. The van der Waals surface area contributed by atoms with E-state index in [9.17, 15) is 0 Å². The fourth-order valence-corrected chi connectivity index (χ4v) is 1.80. The average molecular weight is 258 g/mol.